The van der Waals surface area contributed by atoms with Crippen LogP contribution >= 0.6 is 11.3 Å². The van der Waals surface area contributed by atoms with Gasteiger partial charge in [-0.1, -0.05) is 38.3 Å². The van der Waals surface area contributed by atoms with Gasteiger partial charge in [-0.3, -0.25) is 9.69 Å². The van der Waals surface area contributed by atoms with Gasteiger partial charge in [0.15, 0.2) is 0 Å². The van der Waals surface area contributed by atoms with E-state index in [0.29, 0.717) is 12.3 Å². The summed E-state index contributed by atoms with van der Waals surface area (Å²) < 4.78 is 0. The largest absolute Gasteiger partial charge is 0.340 e. The van der Waals surface area contributed by atoms with Crippen molar-refractivity contribution in [1.29, 1.82) is 0 Å². The third-order valence-corrected chi connectivity index (χ3v) is 9.53. The monoisotopic (exact) mass is 508 g/mol. The maximum Gasteiger partial charge on any atom is 0.229 e. The van der Waals surface area contributed by atoms with Gasteiger partial charge in [0.25, 0.3) is 0 Å². The first-order valence-corrected chi connectivity index (χ1v) is 15.2. The first-order chi connectivity index (χ1) is 17.6. The van der Waals surface area contributed by atoms with Crippen LogP contribution in [0.3, 0.4) is 0 Å². The van der Waals surface area contributed by atoms with Crippen molar-refractivity contribution in [2.75, 3.05) is 52.9 Å². The number of aryl methyl sites for hydroxylation is 1. The number of hydrogen-bond acceptors (Lipinski definition) is 5. The Bertz CT molecular complexity index is 1010. The molecule has 2 aliphatic heterocycles. The molecule has 0 spiro atoms. The SMILES string of the molecule is CCc1ccc(C2CCCCC2)cc1-c1csc(CC(=O)N2CCN(C[C@@H]3CCCN(C)C3)CC2)n1. The van der Waals surface area contributed by atoms with Crippen molar-refractivity contribution in [2.24, 2.45) is 5.92 Å². The number of nitrogens with zero attached hydrogens (tertiary/aromatic N) is 4. The minimum Gasteiger partial charge on any atom is -0.340 e. The lowest BCUT2D eigenvalue weighted by Crippen LogP contribution is -2.51. The quantitative estimate of drug-likeness (QED) is 0.499. The molecule has 196 valence electrons. The Morgan fingerprint density at radius 1 is 1.03 bits per heavy atom. The summed E-state index contributed by atoms with van der Waals surface area (Å²) in [7, 11) is 2.24. The van der Waals surface area contributed by atoms with Crippen LogP contribution in [0.5, 0.6) is 0 Å². The second-order valence-electron chi connectivity index (χ2n) is 11.4. The summed E-state index contributed by atoms with van der Waals surface area (Å²) in [5.41, 5.74) is 5.17. The predicted molar refractivity (Wildman–Crippen MR) is 150 cm³/mol. The van der Waals surface area contributed by atoms with Gasteiger partial charge in [0.2, 0.25) is 5.91 Å². The number of carbonyl (C=O) groups excluding carboxylic acids is 1. The van der Waals surface area contributed by atoms with Gasteiger partial charge in [0.1, 0.15) is 5.01 Å². The van der Waals surface area contributed by atoms with E-state index in [4.69, 9.17) is 4.98 Å². The smallest absolute Gasteiger partial charge is 0.229 e. The number of carbonyl (C=O) groups is 1. The Morgan fingerprint density at radius 3 is 2.58 bits per heavy atom. The second-order valence-corrected chi connectivity index (χ2v) is 12.3. The number of benzene rings is 1. The topological polar surface area (TPSA) is 39.7 Å². The first-order valence-electron chi connectivity index (χ1n) is 14.3. The average Bonchev–Trinajstić information content (AvgIpc) is 3.37. The molecular formula is C30H44N4OS. The maximum atomic E-state index is 13.1. The van der Waals surface area contributed by atoms with Crippen LogP contribution in [0.4, 0.5) is 0 Å². The second kappa shape index (κ2) is 12.2. The Hall–Kier alpha value is -1.76. The van der Waals surface area contributed by atoms with Gasteiger partial charge < -0.3 is 9.80 Å². The van der Waals surface area contributed by atoms with Crippen LogP contribution in [0.1, 0.15) is 73.9 Å². The number of rotatable bonds is 7. The Morgan fingerprint density at radius 2 is 1.83 bits per heavy atom. The number of aromatic nitrogens is 1. The van der Waals surface area contributed by atoms with Gasteiger partial charge in [-0.15, -0.1) is 11.3 Å². The zero-order valence-electron chi connectivity index (χ0n) is 22.4. The van der Waals surface area contributed by atoms with Crippen LogP contribution in [0.15, 0.2) is 23.6 Å². The van der Waals surface area contributed by atoms with E-state index >= 15 is 0 Å². The van der Waals surface area contributed by atoms with Crippen LogP contribution in [-0.2, 0) is 17.6 Å². The van der Waals surface area contributed by atoms with E-state index in [1.165, 1.54) is 81.3 Å². The molecule has 1 aliphatic carbocycles. The highest BCUT2D eigenvalue weighted by Crippen LogP contribution is 2.36. The summed E-state index contributed by atoms with van der Waals surface area (Å²) in [6.45, 7) is 9.57. The van der Waals surface area contributed by atoms with Gasteiger partial charge >= 0.3 is 0 Å². The third kappa shape index (κ3) is 6.38. The fourth-order valence-electron chi connectivity index (χ4n) is 6.55. The number of thiazole rings is 1. The first kappa shape index (κ1) is 25.9. The van der Waals surface area contributed by atoms with Crippen molar-refractivity contribution in [3.8, 4) is 11.3 Å². The molecule has 6 heteroatoms. The fraction of sp³-hybridized carbons (Fsp3) is 0.667. The third-order valence-electron chi connectivity index (χ3n) is 8.69. The van der Waals surface area contributed by atoms with Crippen molar-refractivity contribution >= 4 is 17.2 Å². The number of hydrogen-bond donors (Lipinski definition) is 0. The minimum absolute atomic E-state index is 0.236. The van der Waals surface area contributed by atoms with Gasteiger partial charge in [-0.2, -0.15) is 0 Å². The van der Waals surface area contributed by atoms with Gasteiger partial charge in [0.05, 0.1) is 12.1 Å². The van der Waals surface area contributed by atoms with E-state index in [9.17, 15) is 4.79 Å². The molecule has 3 heterocycles. The molecule has 36 heavy (non-hydrogen) atoms. The minimum atomic E-state index is 0.236. The normalized spacial score (nSPS) is 22.7. The zero-order valence-corrected chi connectivity index (χ0v) is 23.2. The lowest BCUT2D eigenvalue weighted by atomic mass is 9.82. The summed E-state index contributed by atoms with van der Waals surface area (Å²) in [5, 5.41) is 3.12. The molecule has 0 radical (unpaired) electrons. The van der Waals surface area contributed by atoms with Gasteiger partial charge in [-0.05, 0) is 74.7 Å². The van der Waals surface area contributed by atoms with Crippen molar-refractivity contribution in [3.63, 3.8) is 0 Å². The van der Waals surface area contributed by atoms with E-state index in [0.717, 1.165) is 49.2 Å². The summed E-state index contributed by atoms with van der Waals surface area (Å²) in [6, 6.07) is 7.06. The molecule has 2 aromatic rings. The molecule has 5 rings (SSSR count). The van der Waals surface area contributed by atoms with Gasteiger partial charge in [-0.25, -0.2) is 4.98 Å². The van der Waals surface area contributed by atoms with Crippen LogP contribution in [-0.4, -0.2) is 78.5 Å². The number of likely N-dealkylation sites (tertiary alicyclic amines) is 1. The van der Waals surface area contributed by atoms with Crippen LogP contribution < -0.4 is 0 Å². The van der Waals surface area contributed by atoms with E-state index < -0.39 is 0 Å². The van der Waals surface area contributed by atoms with Crippen LogP contribution in [0.25, 0.3) is 11.3 Å². The number of piperazine rings is 1. The lowest BCUT2D eigenvalue weighted by molar-refractivity contribution is -0.132. The molecule has 1 aromatic heterocycles. The van der Waals surface area contributed by atoms with Crippen molar-refractivity contribution in [2.45, 2.75) is 70.6 Å². The standard InChI is InChI=1S/C30H44N4OS/c1-3-24-11-12-26(25-9-5-4-6-10-25)18-27(24)28-22-36-29(31-28)19-30(35)34-16-14-33(15-17-34)21-23-8-7-13-32(2)20-23/h11-12,18,22-23,25H,3-10,13-17,19-21H2,1-2H3/t23-/m1/s1. The number of piperidine rings is 1. The Labute approximate surface area is 221 Å². The molecule has 1 saturated carbocycles. The van der Waals surface area contributed by atoms with Crippen LogP contribution in [0, 0.1) is 5.92 Å². The molecule has 0 unspecified atom stereocenters. The summed E-state index contributed by atoms with van der Waals surface area (Å²) in [6.07, 6.45) is 10.8. The van der Waals surface area contributed by atoms with Crippen LogP contribution in [0.2, 0.25) is 0 Å². The predicted octanol–water partition coefficient (Wildman–Crippen LogP) is 5.45. The fourth-order valence-corrected chi connectivity index (χ4v) is 7.34. The highest BCUT2D eigenvalue weighted by molar-refractivity contribution is 7.10. The molecule has 1 atom stereocenters. The van der Waals surface area contributed by atoms with E-state index in [-0.39, 0.29) is 5.91 Å². The summed E-state index contributed by atoms with van der Waals surface area (Å²) in [4.78, 5) is 25.2. The molecule has 0 bridgehead atoms. The van der Waals surface area contributed by atoms with E-state index in [1.807, 2.05) is 0 Å². The summed E-state index contributed by atoms with van der Waals surface area (Å²) in [5.74, 6) is 1.71. The summed E-state index contributed by atoms with van der Waals surface area (Å²) >= 11 is 1.65. The molecule has 3 aliphatic rings. The van der Waals surface area contributed by atoms with Crippen molar-refractivity contribution in [3.05, 3.63) is 39.7 Å². The molecule has 0 N–H and O–H groups in total. The molecule has 3 fully saturated rings. The van der Waals surface area contributed by atoms with Gasteiger partial charge in [0, 0.05) is 50.2 Å². The lowest BCUT2D eigenvalue weighted by Gasteiger charge is -2.38. The highest BCUT2D eigenvalue weighted by atomic mass is 32.1. The number of amides is 1. The van der Waals surface area contributed by atoms with E-state index in [1.54, 1.807) is 11.3 Å². The van der Waals surface area contributed by atoms with Crippen molar-refractivity contribution < 1.29 is 4.79 Å². The highest BCUT2D eigenvalue weighted by Gasteiger charge is 2.26. The average molecular weight is 509 g/mol. The molecular weight excluding hydrogens is 464 g/mol. The van der Waals surface area contributed by atoms with E-state index in [2.05, 4.69) is 52.3 Å². The molecule has 1 amide bonds. The maximum absolute atomic E-state index is 13.1. The molecule has 1 aromatic carbocycles. The zero-order chi connectivity index (χ0) is 24.9. The Kier molecular flexibility index (Phi) is 8.76. The Balaban J connectivity index is 1.17. The molecule has 2 saturated heterocycles. The molecule has 5 nitrogen and oxygen atoms in total. The van der Waals surface area contributed by atoms with Crippen molar-refractivity contribution in [1.82, 2.24) is 19.7 Å².